The Morgan fingerprint density at radius 2 is 2.32 bits per heavy atom. The Bertz CT molecular complexity index is 835. The second-order valence-corrected chi connectivity index (χ2v) is 7.25. The van der Waals surface area contributed by atoms with Gasteiger partial charge in [0.1, 0.15) is 20.4 Å². The largest absolute Gasteiger partial charge is 0.317 e. The standard InChI is InChI=1S/C15H14N4OS2/c1-8(20)18-14-12(9-4-6-16-7-11(9)21-14)15-19-10-3-2-5-17-13(10)22-15/h2-3,5,16H,4,6-7H2,1H3,(H,18,20). The number of hydrogen-bond donors (Lipinski definition) is 2. The third-order valence-electron chi connectivity index (χ3n) is 3.60. The molecule has 3 aromatic rings. The van der Waals surface area contributed by atoms with E-state index in [1.165, 1.54) is 10.4 Å². The molecule has 0 atom stereocenters. The number of anilines is 1. The number of aromatic nitrogens is 2. The fraction of sp³-hybridized carbons (Fsp3) is 0.267. The van der Waals surface area contributed by atoms with Gasteiger partial charge in [0.25, 0.3) is 0 Å². The lowest BCUT2D eigenvalue weighted by atomic mass is 10.0. The molecule has 1 amide bonds. The first kappa shape index (κ1) is 13.8. The van der Waals surface area contributed by atoms with Crippen molar-refractivity contribution in [2.45, 2.75) is 19.9 Å². The molecule has 0 aliphatic carbocycles. The zero-order valence-corrected chi connectivity index (χ0v) is 13.6. The molecule has 0 spiro atoms. The van der Waals surface area contributed by atoms with Gasteiger partial charge in [-0.1, -0.05) is 11.3 Å². The summed E-state index contributed by atoms with van der Waals surface area (Å²) in [7, 11) is 0. The van der Waals surface area contributed by atoms with Crippen molar-refractivity contribution in [3.63, 3.8) is 0 Å². The zero-order chi connectivity index (χ0) is 15.1. The number of rotatable bonds is 2. The van der Waals surface area contributed by atoms with Crippen LogP contribution in [0.1, 0.15) is 17.4 Å². The van der Waals surface area contributed by atoms with Crippen molar-refractivity contribution in [3.05, 3.63) is 28.8 Å². The number of thiazole rings is 1. The highest BCUT2D eigenvalue weighted by atomic mass is 32.1. The predicted molar refractivity (Wildman–Crippen MR) is 90.4 cm³/mol. The Morgan fingerprint density at radius 3 is 3.14 bits per heavy atom. The van der Waals surface area contributed by atoms with Crippen LogP contribution < -0.4 is 10.6 Å². The molecule has 2 N–H and O–H groups in total. The summed E-state index contributed by atoms with van der Waals surface area (Å²) in [6.45, 7) is 3.36. The minimum Gasteiger partial charge on any atom is -0.317 e. The number of hydrogen-bond acceptors (Lipinski definition) is 6. The molecule has 1 aliphatic heterocycles. The number of thiophene rings is 1. The number of amides is 1. The topological polar surface area (TPSA) is 66.9 Å². The quantitative estimate of drug-likeness (QED) is 0.758. The molecule has 0 bridgehead atoms. The van der Waals surface area contributed by atoms with Gasteiger partial charge < -0.3 is 10.6 Å². The van der Waals surface area contributed by atoms with Crippen molar-refractivity contribution in [3.8, 4) is 10.6 Å². The van der Waals surface area contributed by atoms with Crippen LogP contribution in [0.4, 0.5) is 5.00 Å². The van der Waals surface area contributed by atoms with E-state index in [4.69, 9.17) is 4.98 Å². The van der Waals surface area contributed by atoms with Gasteiger partial charge in [-0.05, 0) is 30.7 Å². The lowest BCUT2D eigenvalue weighted by Crippen LogP contribution is -2.22. The van der Waals surface area contributed by atoms with Gasteiger partial charge in [-0.15, -0.1) is 11.3 Å². The van der Waals surface area contributed by atoms with Gasteiger partial charge in [0, 0.05) is 30.1 Å². The summed E-state index contributed by atoms with van der Waals surface area (Å²) in [6.07, 6.45) is 2.75. The molecular formula is C15H14N4OS2. The lowest BCUT2D eigenvalue weighted by molar-refractivity contribution is -0.114. The molecule has 22 heavy (non-hydrogen) atoms. The summed E-state index contributed by atoms with van der Waals surface area (Å²) in [5.74, 6) is -0.0490. The second kappa shape index (κ2) is 5.42. The van der Waals surface area contributed by atoms with E-state index in [-0.39, 0.29) is 5.91 Å². The molecule has 112 valence electrons. The maximum Gasteiger partial charge on any atom is 0.221 e. The molecule has 0 radical (unpaired) electrons. The number of nitrogens with one attached hydrogen (secondary N) is 2. The number of nitrogens with zero attached hydrogens (tertiary/aromatic N) is 2. The number of fused-ring (bicyclic) bond motifs is 2. The fourth-order valence-electron chi connectivity index (χ4n) is 2.69. The predicted octanol–water partition coefficient (Wildman–Crippen LogP) is 3.02. The van der Waals surface area contributed by atoms with Gasteiger partial charge in [0.2, 0.25) is 5.91 Å². The Kier molecular flexibility index (Phi) is 3.40. The van der Waals surface area contributed by atoms with Crippen LogP contribution in [0, 0.1) is 0 Å². The van der Waals surface area contributed by atoms with Crippen molar-refractivity contribution in [1.29, 1.82) is 0 Å². The van der Waals surface area contributed by atoms with Gasteiger partial charge in [-0.2, -0.15) is 0 Å². The Morgan fingerprint density at radius 1 is 1.41 bits per heavy atom. The maximum absolute atomic E-state index is 11.5. The van der Waals surface area contributed by atoms with Crippen LogP contribution in [0.2, 0.25) is 0 Å². The number of pyridine rings is 1. The average molecular weight is 330 g/mol. The molecule has 5 nitrogen and oxygen atoms in total. The molecule has 3 aromatic heterocycles. The zero-order valence-electron chi connectivity index (χ0n) is 12.0. The summed E-state index contributed by atoms with van der Waals surface area (Å²) >= 11 is 3.23. The first-order valence-electron chi connectivity index (χ1n) is 7.07. The van der Waals surface area contributed by atoms with E-state index in [1.54, 1.807) is 35.8 Å². The minimum absolute atomic E-state index is 0.0490. The first-order valence-corrected chi connectivity index (χ1v) is 8.70. The summed E-state index contributed by atoms with van der Waals surface area (Å²) in [5.41, 5.74) is 3.30. The van der Waals surface area contributed by atoms with Crippen molar-refractivity contribution < 1.29 is 4.79 Å². The monoisotopic (exact) mass is 330 g/mol. The van der Waals surface area contributed by atoms with Crippen molar-refractivity contribution >= 4 is 43.9 Å². The third-order valence-corrected chi connectivity index (χ3v) is 5.74. The molecule has 1 aliphatic rings. The first-order chi connectivity index (χ1) is 10.7. The number of carbonyl (C=O) groups is 1. The van der Waals surface area contributed by atoms with Gasteiger partial charge in [0.15, 0.2) is 0 Å². The molecular weight excluding hydrogens is 316 g/mol. The van der Waals surface area contributed by atoms with Crippen LogP contribution in [-0.4, -0.2) is 22.4 Å². The molecule has 0 saturated heterocycles. The summed E-state index contributed by atoms with van der Waals surface area (Å²) in [6, 6.07) is 3.87. The van der Waals surface area contributed by atoms with E-state index in [9.17, 15) is 4.79 Å². The highest BCUT2D eigenvalue weighted by molar-refractivity contribution is 7.22. The van der Waals surface area contributed by atoms with Gasteiger partial charge in [-0.25, -0.2) is 9.97 Å². The highest BCUT2D eigenvalue weighted by Crippen LogP contribution is 2.44. The van der Waals surface area contributed by atoms with Crippen LogP contribution >= 0.6 is 22.7 Å². The van der Waals surface area contributed by atoms with E-state index in [0.717, 1.165) is 45.4 Å². The second-order valence-electron chi connectivity index (χ2n) is 5.16. The van der Waals surface area contributed by atoms with Crippen LogP contribution in [0.5, 0.6) is 0 Å². The van der Waals surface area contributed by atoms with Crippen LogP contribution in [-0.2, 0) is 17.8 Å². The van der Waals surface area contributed by atoms with Crippen LogP contribution in [0.3, 0.4) is 0 Å². The van der Waals surface area contributed by atoms with E-state index >= 15 is 0 Å². The molecule has 7 heteroatoms. The van der Waals surface area contributed by atoms with Gasteiger partial charge in [-0.3, -0.25) is 4.79 Å². The molecule has 4 rings (SSSR count). The molecule has 0 fully saturated rings. The van der Waals surface area contributed by atoms with Crippen LogP contribution in [0.25, 0.3) is 20.9 Å². The Hall–Kier alpha value is -1.83. The van der Waals surface area contributed by atoms with E-state index in [1.807, 2.05) is 12.1 Å². The summed E-state index contributed by atoms with van der Waals surface area (Å²) in [4.78, 5) is 22.8. The minimum atomic E-state index is -0.0490. The summed E-state index contributed by atoms with van der Waals surface area (Å²) < 4.78 is 0. The van der Waals surface area contributed by atoms with E-state index in [0.29, 0.717) is 0 Å². The lowest BCUT2D eigenvalue weighted by Gasteiger charge is -2.13. The molecule has 0 aromatic carbocycles. The Balaban J connectivity index is 1.91. The SMILES string of the molecule is CC(=O)Nc1sc2c(c1-c1nc3cccnc3s1)CCNC2. The van der Waals surface area contributed by atoms with E-state index < -0.39 is 0 Å². The highest BCUT2D eigenvalue weighted by Gasteiger charge is 2.24. The van der Waals surface area contributed by atoms with Crippen molar-refractivity contribution in [2.75, 3.05) is 11.9 Å². The van der Waals surface area contributed by atoms with Crippen molar-refractivity contribution in [1.82, 2.24) is 15.3 Å². The maximum atomic E-state index is 11.5. The van der Waals surface area contributed by atoms with Gasteiger partial charge >= 0.3 is 0 Å². The van der Waals surface area contributed by atoms with Crippen molar-refractivity contribution in [2.24, 2.45) is 0 Å². The number of carbonyl (C=O) groups excluding carboxylic acids is 1. The normalized spacial score (nSPS) is 14.0. The van der Waals surface area contributed by atoms with Crippen LogP contribution in [0.15, 0.2) is 18.3 Å². The molecule has 4 heterocycles. The summed E-state index contributed by atoms with van der Waals surface area (Å²) in [5, 5.41) is 8.20. The Labute approximate surface area is 135 Å². The smallest absolute Gasteiger partial charge is 0.221 e. The van der Waals surface area contributed by atoms with Gasteiger partial charge in [0.05, 0.1) is 0 Å². The third kappa shape index (κ3) is 2.31. The molecule has 0 unspecified atom stereocenters. The average Bonchev–Trinajstić information content (AvgIpc) is 3.06. The molecule has 0 saturated carbocycles. The van der Waals surface area contributed by atoms with E-state index in [2.05, 4.69) is 15.6 Å². The fourth-order valence-corrected chi connectivity index (χ4v) is 5.00.